The van der Waals surface area contributed by atoms with Gasteiger partial charge in [-0.1, -0.05) is 70.5 Å². The lowest BCUT2D eigenvalue weighted by Crippen LogP contribution is -2.41. The zero-order valence-electron chi connectivity index (χ0n) is 18.2. The summed E-state index contributed by atoms with van der Waals surface area (Å²) in [5, 5.41) is 18.8. The molecule has 0 bridgehead atoms. The van der Waals surface area contributed by atoms with Crippen LogP contribution in [-0.2, 0) is 6.61 Å². The highest BCUT2D eigenvalue weighted by Gasteiger charge is 2.26. The van der Waals surface area contributed by atoms with Crippen molar-refractivity contribution >= 4 is 51.0 Å². The predicted molar refractivity (Wildman–Crippen MR) is 136 cm³/mol. The third-order valence-corrected chi connectivity index (χ3v) is 7.13. The molecule has 2 amide bonds. The first-order valence-electron chi connectivity index (χ1n) is 10.9. The molecule has 174 valence electrons. The van der Waals surface area contributed by atoms with Gasteiger partial charge in [0.05, 0.1) is 23.0 Å². The minimum Gasteiger partial charge on any atom is -0.391 e. The molecular formula is C24H25BrCl2N4O2. The van der Waals surface area contributed by atoms with Crippen LogP contribution >= 0.6 is 39.1 Å². The van der Waals surface area contributed by atoms with Gasteiger partial charge in [0.15, 0.2) is 5.82 Å². The monoisotopic (exact) mass is 550 g/mol. The Labute approximate surface area is 211 Å². The SMILES string of the molecule is CN(C(=O)Nc1nn(-c2ccc(Cl)cc2Cl)c(-c2ccc(Br)cc2)c1CO)C1CCCCC1. The van der Waals surface area contributed by atoms with E-state index in [4.69, 9.17) is 23.2 Å². The average molecular weight is 552 g/mol. The van der Waals surface area contributed by atoms with E-state index < -0.39 is 0 Å². The van der Waals surface area contributed by atoms with E-state index in [1.165, 1.54) is 6.42 Å². The molecule has 1 saturated carbocycles. The van der Waals surface area contributed by atoms with Crippen molar-refractivity contribution in [1.82, 2.24) is 14.7 Å². The number of hydrogen-bond donors (Lipinski definition) is 2. The van der Waals surface area contributed by atoms with E-state index in [1.807, 2.05) is 31.3 Å². The Bertz CT molecular complexity index is 1140. The van der Waals surface area contributed by atoms with Gasteiger partial charge in [0.2, 0.25) is 0 Å². The fourth-order valence-electron chi connectivity index (χ4n) is 4.26. The Hall–Kier alpha value is -2.06. The molecule has 6 nitrogen and oxygen atoms in total. The summed E-state index contributed by atoms with van der Waals surface area (Å²) in [6.07, 6.45) is 5.46. The Morgan fingerprint density at radius 3 is 2.52 bits per heavy atom. The zero-order chi connectivity index (χ0) is 23.5. The smallest absolute Gasteiger partial charge is 0.323 e. The van der Waals surface area contributed by atoms with Crippen molar-refractivity contribution in [3.8, 4) is 16.9 Å². The summed E-state index contributed by atoms with van der Waals surface area (Å²) in [7, 11) is 1.81. The number of carbonyl (C=O) groups is 1. The maximum atomic E-state index is 13.1. The van der Waals surface area contributed by atoms with E-state index in [0.29, 0.717) is 32.8 Å². The van der Waals surface area contributed by atoms with Gasteiger partial charge < -0.3 is 10.0 Å². The summed E-state index contributed by atoms with van der Waals surface area (Å²) in [5.41, 5.74) is 2.57. The van der Waals surface area contributed by atoms with E-state index in [2.05, 4.69) is 26.3 Å². The molecule has 1 heterocycles. The third kappa shape index (κ3) is 5.22. The Kier molecular flexibility index (Phi) is 7.64. The van der Waals surface area contributed by atoms with Crippen molar-refractivity contribution in [1.29, 1.82) is 0 Å². The number of nitrogens with one attached hydrogen (secondary N) is 1. The second-order valence-corrected chi connectivity index (χ2v) is 9.94. The van der Waals surface area contributed by atoms with Gasteiger partial charge in [0.25, 0.3) is 0 Å². The van der Waals surface area contributed by atoms with Crippen molar-refractivity contribution in [3.63, 3.8) is 0 Å². The van der Waals surface area contributed by atoms with E-state index in [0.717, 1.165) is 35.7 Å². The molecule has 0 atom stereocenters. The number of halogens is 3. The Morgan fingerprint density at radius 2 is 1.88 bits per heavy atom. The Morgan fingerprint density at radius 1 is 1.18 bits per heavy atom. The van der Waals surface area contributed by atoms with Crippen LogP contribution in [0.15, 0.2) is 46.9 Å². The lowest BCUT2D eigenvalue weighted by atomic mass is 9.95. The molecule has 2 N–H and O–H groups in total. The first kappa shape index (κ1) is 24.1. The van der Waals surface area contributed by atoms with Gasteiger partial charge in [-0.2, -0.15) is 0 Å². The quantitative estimate of drug-likeness (QED) is 0.362. The molecule has 0 radical (unpaired) electrons. The normalized spacial score (nSPS) is 14.3. The highest BCUT2D eigenvalue weighted by molar-refractivity contribution is 9.10. The van der Waals surface area contributed by atoms with E-state index >= 15 is 0 Å². The predicted octanol–water partition coefficient (Wildman–Crippen LogP) is 6.90. The van der Waals surface area contributed by atoms with Crippen LogP contribution in [0.1, 0.15) is 37.7 Å². The molecule has 1 aliphatic carbocycles. The lowest BCUT2D eigenvalue weighted by molar-refractivity contribution is 0.186. The summed E-state index contributed by atoms with van der Waals surface area (Å²) in [6.45, 7) is -0.306. The number of carbonyl (C=O) groups excluding carboxylic acids is 1. The van der Waals surface area contributed by atoms with Gasteiger partial charge in [-0.05, 0) is 43.2 Å². The van der Waals surface area contributed by atoms with E-state index in [-0.39, 0.29) is 18.7 Å². The van der Waals surface area contributed by atoms with Crippen LogP contribution in [0.25, 0.3) is 16.9 Å². The maximum absolute atomic E-state index is 13.1. The van der Waals surface area contributed by atoms with Gasteiger partial charge in [-0.15, -0.1) is 5.10 Å². The number of rotatable bonds is 5. The van der Waals surface area contributed by atoms with E-state index in [1.54, 1.807) is 27.8 Å². The molecule has 0 unspecified atom stereocenters. The second kappa shape index (κ2) is 10.5. The van der Waals surface area contributed by atoms with Crippen molar-refractivity contribution in [2.24, 2.45) is 0 Å². The molecule has 1 aromatic heterocycles. The fourth-order valence-corrected chi connectivity index (χ4v) is 5.01. The first-order valence-corrected chi connectivity index (χ1v) is 12.4. The van der Waals surface area contributed by atoms with Gasteiger partial charge in [0.1, 0.15) is 0 Å². The fraction of sp³-hybridized carbons (Fsp3) is 0.333. The molecule has 0 spiro atoms. The number of aliphatic hydroxyl groups is 1. The Balaban J connectivity index is 1.77. The van der Waals surface area contributed by atoms with Crippen molar-refractivity contribution in [2.75, 3.05) is 12.4 Å². The third-order valence-electron chi connectivity index (χ3n) is 6.07. The van der Waals surface area contributed by atoms with E-state index in [9.17, 15) is 9.90 Å². The number of nitrogens with zero attached hydrogens (tertiary/aromatic N) is 3. The highest BCUT2D eigenvalue weighted by atomic mass is 79.9. The van der Waals surface area contributed by atoms with Crippen molar-refractivity contribution in [2.45, 2.75) is 44.8 Å². The molecular weight excluding hydrogens is 527 g/mol. The van der Waals surface area contributed by atoms with Crippen LogP contribution in [0.4, 0.5) is 10.6 Å². The lowest BCUT2D eigenvalue weighted by Gasteiger charge is -2.31. The number of aliphatic hydroxyl groups excluding tert-OH is 1. The number of aromatic nitrogens is 2. The van der Waals surface area contributed by atoms with Crippen LogP contribution in [0.2, 0.25) is 10.0 Å². The molecule has 1 fully saturated rings. The number of anilines is 1. The standard InChI is InChI=1S/C24H25BrCl2N4O2/c1-30(18-5-3-2-4-6-18)24(33)28-23-19(14-32)22(15-7-9-16(25)10-8-15)31(29-23)21-12-11-17(26)13-20(21)27/h7-13,18,32H,2-6,14H2,1H3,(H,28,29,33). The highest BCUT2D eigenvalue weighted by Crippen LogP contribution is 2.35. The molecule has 9 heteroatoms. The summed E-state index contributed by atoms with van der Waals surface area (Å²) >= 11 is 16.1. The van der Waals surface area contributed by atoms with Crippen LogP contribution < -0.4 is 5.32 Å². The van der Waals surface area contributed by atoms with Gasteiger partial charge in [-0.3, -0.25) is 5.32 Å². The number of amides is 2. The summed E-state index contributed by atoms with van der Waals surface area (Å²) in [4.78, 5) is 14.8. The van der Waals surface area contributed by atoms with Gasteiger partial charge >= 0.3 is 6.03 Å². The first-order chi connectivity index (χ1) is 15.9. The number of benzene rings is 2. The van der Waals surface area contributed by atoms with Crippen LogP contribution in [0.3, 0.4) is 0 Å². The second-order valence-electron chi connectivity index (χ2n) is 8.18. The number of urea groups is 1. The molecule has 3 aromatic rings. The van der Waals surface area contributed by atoms with Crippen LogP contribution in [-0.4, -0.2) is 38.9 Å². The molecule has 1 aliphatic rings. The molecule has 33 heavy (non-hydrogen) atoms. The minimum absolute atomic E-state index is 0.204. The summed E-state index contributed by atoms with van der Waals surface area (Å²) in [5.74, 6) is 0.300. The van der Waals surface area contributed by atoms with Crippen molar-refractivity contribution < 1.29 is 9.90 Å². The zero-order valence-corrected chi connectivity index (χ0v) is 21.3. The minimum atomic E-state index is -0.306. The maximum Gasteiger partial charge on any atom is 0.323 e. The van der Waals surface area contributed by atoms with Crippen LogP contribution in [0.5, 0.6) is 0 Å². The summed E-state index contributed by atoms with van der Waals surface area (Å²) < 4.78 is 2.57. The van der Waals surface area contributed by atoms with Gasteiger partial charge in [-0.25, -0.2) is 9.48 Å². The molecule has 0 saturated heterocycles. The van der Waals surface area contributed by atoms with Crippen molar-refractivity contribution in [3.05, 3.63) is 62.5 Å². The largest absolute Gasteiger partial charge is 0.391 e. The summed E-state index contributed by atoms with van der Waals surface area (Å²) in [6, 6.07) is 12.7. The molecule has 4 rings (SSSR count). The number of hydrogen-bond acceptors (Lipinski definition) is 3. The van der Waals surface area contributed by atoms with Crippen LogP contribution in [0, 0.1) is 0 Å². The molecule has 0 aliphatic heterocycles. The molecule has 2 aromatic carbocycles. The van der Waals surface area contributed by atoms with Gasteiger partial charge in [0, 0.05) is 33.7 Å². The average Bonchev–Trinajstić information content (AvgIpc) is 3.17. The topological polar surface area (TPSA) is 70.4 Å².